The number of carbonyl (C=O) groups excluding carboxylic acids is 1. The fourth-order valence-corrected chi connectivity index (χ4v) is 3.11. The van der Waals surface area contributed by atoms with Crippen molar-refractivity contribution in [3.8, 4) is 0 Å². The molecule has 0 aromatic heterocycles. The van der Waals surface area contributed by atoms with Gasteiger partial charge in [-0.15, -0.1) is 0 Å². The summed E-state index contributed by atoms with van der Waals surface area (Å²) < 4.78 is 0. The predicted molar refractivity (Wildman–Crippen MR) is 99.8 cm³/mol. The standard InChI is InChI=1S/C18H15N3O3S/c1-11-3-4-12(2)15(9-11)19-18-20-17(22)16(25-18)10-13-5-7-14(8-6-13)21(23)24/h3-10H,1-2H3,(H,19,20,22)/b16-10-. The van der Waals surface area contributed by atoms with Crippen LogP contribution in [0.4, 0.5) is 11.4 Å². The van der Waals surface area contributed by atoms with E-state index < -0.39 is 4.92 Å². The van der Waals surface area contributed by atoms with Crippen molar-refractivity contribution in [1.29, 1.82) is 0 Å². The molecule has 0 atom stereocenters. The van der Waals surface area contributed by atoms with Gasteiger partial charge in [-0.25, -0.2) is 4.99 Å². The van der Waals surface area contributed by atoms with Crippen LogP contribution in [-0.2, 0) is 4.79 Å². The molecule has 2 aromatic rings. The molecule has 2 aromatic carbocycles. The first-order valence-corrected chi connectivity index (χ1v) is 8.35. The molecule has 1 saturated heterocycles. The number of nitrogens with one attached hydrogen (secondary N) is 1. The van der Waals surface area contributed by atoms with Crippen LogP contribution in [0.5, 0.6) is 0 Å². The number of nitro groups is 1. The maximum atomic E-state index is 12.1. The van der Waals surface area contributed by atoms with Gasteiger partial charge in [0.05, 0.1) is 15.5 Å². The van der Waals surface area contributed by atoms with E-state index in [2.05, 4.69) is 10.3 Å². The molecule has 7 heteroatoms. The Hall–Kier alpha value is -2.93. The number of amides is 1. The largest absolute Gasteiger partial charge is 0.300 e. The van der Waals surface area contributed by atoms with Gasteiger partial charge in [0.25, 0.3) is 11.6 Å². The van der Waals surface area contributed by atoms with Gasteiger partial charge in [-0.3, -0.25) is 14.9 Å². The minimum atomic E-state index is -0.455. The van der Waals surface area contributed by atoms with Crippen molar-refractivity contribution in [2.24, 2.45) is 4.99 Å². The van der Waals surface area contributed by atoms with Crippen LogP contribution in [0.2, 0.25) is 0 Å². The smallest absolute Gasteiger partial charge is 0.269 e. The van der Waals surface area contributed by atoms with E-state index in [0.29, 0.717) is 10.1 Å². The molecule has 25 heavy (non-hydrogen) atoms. The highest BCUT2D eigenvalue weighted by molar-refractivity contribution is 8.18. The van der Waals surface area contributed by atoms with Crippen LogP contribution in [0.3, 0.4) is 0 Å². The SMILES string of the molecule is Cc1ccc(C)c(N=C2NC(=O)/C(=C/c3ccc([N+](=O)[O-])cc3)S2)c1. The van der Waals surface area contributed by atoms with Crippen LogP contribution in [0, 0.1) is 24.0 Å². The van der Waals surface area contributed by atoms with E-state index in [1.807, 2.05) is 32.0 Å². The second-order valence-corrected chi connectivity index (χ2v) is 6.65. The quantitative estimate of drug-likeness (QED) is 0.511. The van der Waals surface area contributed by atoms with Crippen molar-refractivity contribution >= 4 is 40.3 Å². The van der Waals surface area contributed by atoms with Gasteiger partial charge >= 0.3 is 0 Å². The zero-order valence-electron chi connectivity index (χ0n) is 13.6. The van der Waals surface area contributed by atoms with Gasteiger partial charge in [-0.1, -0.05) is 12.1 Å². The molecule has 1 N–H and O–H groups in total. The summed E-state index contributed by atoms with van der Waals surface area (Å²) in [6.07, 6.45) is 1.69. The van der Waals surface area contributed by atoms with Crippen LogP contribution in [0.25, 0.3) is 6.08 Å². The van der Waals surface area contributed by atoms with E-state index in [1.165, 1.54) is 23.9 Å². The summed E-state index contributed by atoms with van der Waals surface area (Å²) in [5.41, 5.74) is 3.68. The first-order valence-electron chi connectivity index (χ1n) is 7.54. The number of nitrogens with zero attached hydrogens (tertiary/aromatic N) is 2. The number of nitro benzene ring substituents is 1. The summed E-state index contributed by atoms with van der Waals surface area (Å²) in [5.74, 6) is -0.229. The van der Waals surface area contributed by atoms with Crippen molar-refractivity contribution in [1.82, 2.24) is 5.32 Å². The molecule has 0 spiro atoms. The van der Waals surface area contributed by atoms with Crippen molar-refractivity contribution in [3.63, 3.8) is 0 Å². The Morgan fingerprint density at radius 3 is 2.56 bits per heavy atom. The molecule has 0 radical (unpaired) electrons. The Labute approximate surface area is 148 Å². The van der Waals surface area contributed by atoms with Crippen LogP contribution in [0.15, 0.2) is 52.4 Å². The second kappa shape index (κ2) is 6.90. The number of hydrogen-bond donors (Lipinski definition) is 1. The van der Waals surface area contributed by atoms with E-state index >= 15 is 0 Å². The maximum absolute atomic E-state index is 12.1. The molecule has 1 fully saturated rings. The van der Waals surface area contributed by atoms with Gasteiger partial charge in [0.2, 0.25) is 0 Å². The topological polar surface area (TPSA) is 84.6 Å². The summed E-state index contributed by atoms with van der Waals surface area (Å²) in [6.45, 7) is 3.96. The third-order valence-corrected chi connectivity index (χ3v) is 4.55. The average Bonchev–Trinajstić information content (AvgIpc) is 2.91. The van der Waals surface area contributed by atoms with Crippen LogP contribution in [-0.4, -0.2) is 16.0 Å². The van der Waals surface area contributed by atoms with Gasteiger partial charge < -0.3 is 5.32 Å². The molecule has 1 heterocycles. The molecule has 3 rings (SSSR count). The lowest BCUT2D eigenvalue weighted by Gasteiger charge is -2.02. The monoisotopic (exact) mass is 353 g/mol. The van der Waals surface area contributed by atoms with Crippen molar-refractivity contribution in [2.75, 3.05) is 0 Å². The summed E-state index contributed by atoms with van der Waals surface area (Å²) in [4.78, 5) is 27.4. The summed E-state index contributed by atoms with van der Waals surface area (Å²) in [5, 5.41) is 13.9. The Balaban J connectivity index is 1.83. The lowest BCUT2D eigenvalue weighted by atomic mass is 10.1. The molecule has 126 valence electrons. The second-order valence-electron chi connectivity index (χ2n) is 5.62. The van der Waals surface area contributed by atoms with E-state index in [4.69, 9.17) is 0 Å². The minimum Gasteiger partial charge on any atom is -0.300 e. The van der Waals surface area contributed by atoms with Gasteiger partial charge in [0.1, 0.15) is 0 Å². The van der Waals surface area contributed by atoms with Crippen LogP contribution in [0.1, 0.15) is 16.7 Å². The van der Waals surface area contributed by atoms with Gasteiger partial charge in [-0.2, -0.15) is 0 Å². The number of non-ortho nitro benzene ring substituents is 1. The van der Waals surface area contributed by atoms with Crippen LogP contribution < -0.4 is 5.32 Å². The first-order chi connectivity index (χ1) is 11.9. The molecule has 0 saturated carbocycles. The molecule has 1 amide bonds. The molecule has 1 aliphatic heterocycles. The zero-order chi connectivity index (χ0) is 18.0. The van der Waals surface area contributed by atoms with E-state index in [0.717, 1.165) is 22.4 Å². The number of rotatable bonds is 3. The third kappa shape index (κ3) is 3.95. The van der Waals surface area contributed by atoms with Crippen molar-refractivity contribution in [2.45, 2.75) is 13.8 Å². The Kier molecular flexibility index (Phi) is 4.67. The van der Waals surface area contributed by atoms with E-state index in [-0.39, 0.29) is 11.6 Å². The van der Waals surface area contributed by atoms with Crippen molar-refractivity contribution < 1.29 is 9.72 Å². The fourth-order valence-electron chi connectivity index (χ4n) is 2.27. The van der Waals surface area contributed by atoms with Crippen LogP contribution >= 0.6 is 11.8 Å². The fraction of sp³-hybridized carbons (Fsp3) is 0.111. The summed E-state index contributed by atoms with van der Waals surface area (Å²) in [7, 11) is 0. The van der Waals surface area contributed by atoms with Crippen molar-refractivity contribution in [3.05, 3.63) is 74.2 Å². The lowest BCUT2D eigenvalue weighted by Crippen LogP contribution is -2.19. The molecule has 0 aliphatic carbocycles. The molecular weight excluding hydrogens is 338 g/mol. The van der Waals surface area contributed by atoms with Gasteiger partial charge in [-0.05, 0) is 66.6 Å². The van der Waals surface area contributed by atoms with Gasteiger partial charge in [0.15, 0.2) is 5.17 Å². The number of carbonyl (C=O) groups is 1. The third-order valence-electron chi connectivity index (χ3n) is 3.64. The number of thioether (sulfide) groups is 1. The first kappa shape index (κ1) is 16.9. The molecule has 1 aliphatic rings. The predicted octanol–water partition coefficient (Wildman–Crippen LogP) is 4.10. The van der Waals surface area contributed by atoms with E-state index in [9.17, 15) is 14.9 Å². The highest BCUT2D eigenvalue weighted by atomic mass is 32.2. The average molecular weight is 353 g/mol. The minimum absolute atomic E-state index is 0.0165. The number of benzene rings is 2. The molecular formula is C18H15N3O3S. The van der Waals surface area contributed by atoms with E-state index in [1.54, 1.807) is 18.2 Å². The summed E-state index contributed by atoms with van der Waals surface area (Å²) >= 11 is 1.25. The molecule has 0 bridgehead atoms. The Bertz CT molecular complexity index is 918. The highest BCUT2D eigenvalue weighted by Gasteiger charge is 2.24. The summed E-state index contributed by atoms with van der Waals surface area (Å²) in [6, 6.07) is 12.0. The number of amidine groups is 1. The molecule has 0 unspecified atom stereocenters. The van der Waals surface area contributed by atoms with Gasteiger partial charge in [0, 0.05) is 12.1 Å². The lowest BCUT2D eigenvalue weighted by molar-refractivity contribution is -0.384. The Morgan fingerprint density at radius 1 is 1.16 bits per heavy atom. The molecule has 6 nitrogen and oxygen atoms in total. The zero-order valence-corrected chi connectivity index (χ0v) is 14.5. The Morgan fingerprint density at radius 2 is 1.88 bits per heavy atom. The number of hydrogen-bond acceptors (Lipinski definition) is 5. The number of aryl methyl sites for hydroxylation is 2. The number of aliphatic imine (C=N–C) groups is 1. The highest BCUT2D eigenvalue weighted by Crippen LogP contribution is 2.29. The normalized spacial score (nSPS) is 17.1. The maximum Gasteiger partial charge on any atom is 0.269 e.